The van der Waals surface area contributed by atoms with Gasteiger partial charge >= 0.3 is 0 Å². The van der Waals surface area contributed by atoms with Crippen LogP contribution in [0.2, 0.25) is 5.02 Å². The highest BCUT2D eigenvalue weighted by Gasteiger charge is 2.52. The standard InChI is InChI=1S/C23H24ClNO/c1-22(2)16-10-11-23(3)18(12-14-6-4-5-7-20(14)26-23)21(16)25-19-9-8-15(24)13-17(19)22/h4-9,12-13,16,21,25H,10-11H2,1-3H3/t16-,21+,23?/m0/s1. The Hall–Kier alpha value is -1.93. The molecule has 0 radical (unpaired) electrons. The molecule has 1 unspecified atom stereocenters. The maximum Gasteiger partial charge on any atom is 0.130 e. The number of halogens is 1. The Labute approximate surface area is 160 Å². The zero-order valence-electron chi connectivity index (χ0n) is 15.5. The summed E-state index contributed by atoms with van der Waals surface area (Å²) in [4.78, 5) is 0. The van der Waals surface area contributed by atoms with Crippen LogP contribution in [0.1, 0.15) is 44.7 Å². The minimum Gasteiger partial charge on any atom is -0.483 e. The first-order valence-corrected chi connectivity index (χ1v) is 9.83. The summed E-state index contributed by atoms with van der Waals surface area (Å²) in [5.74, 6) is 1.51. The van der Waals surface area contributed by atoms with Gasteiger partial charge in [-0.2, -0.15) is 0 Å². The summed E-state index contributed by atoms with van der Waals surface area (Å²) < 4.78 is 6.52. The first-order chi connectivity index (χ1) is 12.4. The molecule has 1 saturated carbocycles. The highest BCUT2D eigenvalue weighted by molar-refractivity contribution is 6.30. The van der Waals surface area contributed by atoms with Crippen molar-refractivity contribution in [2.45, 2.75) is 50.7 Å². The maximum atomic E-state index is 6.52. The van der Waals surface area contributed by atoms with Gasteiger partial charge in [-0.15, -0.1) is 0 Å². The third-order valence-corrected chi connectivity index (χ3v) is 6.99. The van der Waals surface area contributed by atoms with E-state index in [1.807, 2.05) is 6.07 Å². The summed E-state index contributed by atoms with van der Waals surface area (Å²) in [6.07, 6.45) is 4.53. The number of fused-ring (bicyclic) bond motifs is 5. The molecule has 3 aliphatic rings. The van der Waals surface area contributed by atoms with Gasteiger partial charge in [0.15, 0.2) is 0 Å². The predicted octanol–water partition coefficient (Wildman–Crippen LogP) is 6.06. The summed E-state index contributed by atoms with van der Waals surface area (Å²) in [6.45, 7) is 6.97. The molecule has 1 fully saturated rings. The lowest BCUT2D eigenvalue weighted by molar-refractivity contribution is 0.0603. The second kappa shape index (κ2) is 5.29. The molecule has 26 heavy (non-hydrogen) atoms. The normalized spacial score (nSPS) is 30.5. The smallest absolute Gasteiger partial charge is 0.130 e. The predicted molar refractivity (Wildman–Crippen MR) is 108 cm³/mol. The van der Waals surface area contributed by atoms with Crippen molar-refractivity contribution < 1.29 is 4.74 Å². The number of anilines is 1. The van der Waals surface area contributed by atoms with E-state index in [4.69, 9.17) is 16.3 Å². The summed E-state index contributed by atoms with van der Waals surface area (Å²) in [6, 6.07) is 14.9. The molecule has 2 heterocycles. The Morgan fingerprint density at radius 2 is 1.92 bits per heavy atom. The van der Waals surface area contributed by atoms with Gasteiger partial charge in [-0.3, -0.25) is 0 Å². The Bertz CT molecular complexity index is 932. The van der Waals surface area contributed by atoms with Crippen LogP contribution >= 0.6 is 11.6 Å². The van der Waals surface area contributed by atoms with Gasteiger partial charge in [0.25, 0.3) is 0 Å². The van der Waals surface area contributed by atoms with Crippen LogP contribution in [0.5, 0.6) is 5.75 Å². The molecule has 2 nitrogen and oxygen atoms in total. The number of benzene rings is 2. The van der Waals surface area contributed by atoms with Crippen molar-refractivity contribution in [2.24, 2.45) is 5.92 Å². The van der Waals surface area contributed by atoms with E-state index in [1.165, 1.54) is 22.4 Å². The van der Waals surface area contributed by atoms with E-state index in [1.54, 1.807) is 0 Å². The van der Waals surface area contributed by atoms with Crippen molar-refractivity contribution in [2.75, 3.05) is 5.32 Å². The van der Waals surface area contributed by atoms with E-state index in [0.29, 0.717) is 5.92 Å². The van der Waals surface area contributed by atoms with Gasteiger partial charge in [0.05, 0.1) is 6.04 Å². The minimum atomic E-state index is -0.234. The van der Waals surface area contributed by atoms with E-state index in [9.17, 15) is 0 Å². The van der Waals surface area contributed by atoms with Gasteiger partial charge in [-0.25, -0.2) is 0 Å². The molecule has 1 aliphatic carbocycles. The van der Waals surface area contributed by atoms with Gasteiger partial charge in [-0.05, 0) is 72.6 Å². The SMILES string of the molecule is CC12CC[C@H]3[C@@H](Nc4ccc(Cl)cc4C3(C)C)C1=Cc1ccccc1O2. The molecule has 0 saturated heterocycles. The monoisotopic (exact) mass is 365 g/mol. The summed E-state index contributed by atoms with van der Waals surface area (Å²) in [5.41, 5.74) is 4.91. The lowest BCUT2D eigenvalue weighted by Crippen LogP contribution is -2.57. The molecule has 0 aromatic heterocycles. The molecule has 5 rings (SSSR count). The van der Waals surface area contributed by atoms with E-state index >= 15 is 0 Å². The summed E-state index contributed by atoms with van der Waals surface area (Å²) in [5, 5.41) is 4.64. The fraction of sp³-hybridized carbons (Fsp3) is 0.391. The first-order valence-electron chi connectivity index (χ1n) is 9.45. The third-order valence-electron chi connectivity index (χ3n) is 6.76. The lowest BCUT2D eigenvalue weighted by atomic mass is 9.58. The Morgan fingerprint density at radius 3 is 2.77 bits per heavy atom. The highest BCUT2D eigenvalue weighted by Crippen LogP contribution is 2.54. The number of hydrogen-bond donors (Lipinski definition) is 1. The fourth-order valence-electron chi connectivity index (χ4n) is 5.24. The highest BCUT2D eigenvalue weighted by atomic mass is 35.5. The van der Waals surface area contributed by atoms with Crippen LogP contribution in [0.25, 0.3) is 6.08 Å². The van der Waals surface area contributed by atoms with Gasteiger partial charge in [0, 0.05) is 16.3 Å². The van der Waals surface area contributed by atoms with Gasteiger partial charge in [0.1, 0.15) is 11.4 Å². The Balaban J connectivity index is 1.66. The topological polar surface area (TPSA) is 21.3 Å². The number of nitrogens with one attached hydrogen (secondary N) is 1. The van der Waals surface area contributed by atoms with E-state index in [2.05, 4.69) is 68.6 Å². The van der Waals surface area contributed by atoms with Gasteiger partial charge in [-0.1, -0.05) is 43.6 Å². The third kappa shape index (κ3) is 2.18. The van der Waals surface area contributed by atoms with Crippen molar-refractivity contribution in [3.8, 4) is 5.75 Å². The van der Waals surface area contributed by atoms with Crippen molar-refractivity contribution in [1.82, 2.24) is 0 Å². The van der Waals surface area contributed by atoms with Crippen LogP contribution < -0.4 is 10.1 Å². The second-order valence-electron chi connectivity index (χ2n) is 8.65. The van der Waals surface area contributed by atoms with E-state index in [-0.39, 0.29) is 17.1 Å². The molecular formula is C23H24ClNO. The van der Waals surface area contributed by atoms with Crippen LogP contribution in [-0.2, 0) is 5.41 Å². The van der Waals surface area contributed by atoms with E-state index < -0.39 is 0 Å². The molecule has 2 aromatic carbocycles. The van der Waals surface area contributed by atoms with Crippen LogP contribution in [0, 0.1) is 5.92 Å². The molecule has 2 aromatic rings. The Kier molecular flexibility index (Phi) is 3.31. The zero-order chi connectivity index (χ0) is 18.1. The van der Waals surface area contributed by atoms with Crippen LogP contribution in [0.15, 0.2) is 48.0 Å². The van der Waals surface area contributed by atoms with Crippen molar-refractivity contribution in [3.05, 3.63) is 64.2 Å². The molecular weight excluding hydrogens is 342 g/mol. The average Bonchev–Trinajstić information content (AvgIpc) is 2.60. The zero-order valence-corrected chi connectivity index (χ0v) is 16.2. The van der Waals surface area contributed by atoms with Gasteiger partial charge < -0.3 is 10.1 Å². The summed E-state index contributed by atoms with van der Waals surface area (Å²) >= 11 is 6.31. The second-order valence-corrected chi connectivity index (χ2v) is 9.09. The van der Waals surface area contributed by atoms with Gasteiger partial charge in [0.2, 0.25) is 0 Å². The number of hydrogen-bond acceptors (Lipinski definition) is 2. The molecule has 3 atom stereocenters. The number of rotatable bonds is 0. The summed E-state index contributed by atoms with van der Waals surface area (Å²) in [7, 11) is 0. The molecule has 0 bridgehead atoms. The first kappa shape index (κ1) is 16.3. The molecule has 0 amide bonds. The number of ether oxygens (including phenoxy) is 1. The Morgan fingerprint density at radius 1 is 1.12 bits per heavy atom. The minimum absolute atomic E-state index is 0.0648. The fourth-order valence-corrected chi connectivity index (χ4v) is 5.41. The largest absolute Gasteiger partial charge is 0.483 e. The molecule has 1 N–H and O–H groups in total. The molecule has 3 heteroatoms. The lowest BCUT2D eigenvalue weighted by Gasteiger charge is -2.54. The maximum absolute atomic E-state index is 6.52. The van der Waals surface area contributed by atoms with E-state index in [0.717, 1.165) is 23.6 Å². The number of para-hydroxylation sites is 1. The van der Waals surface area contributed by atoms with Crippen molar-refractivity contribution >= 4 is 23.4 Å². The molecule has 2 aliphatic heterocycles. The average molecular weight is 366 g/mol. The van der Waals surface area contributed by atoms with Crippen molar-refractivity contribution in [3.63, 3.8) is 0 Å². The van der Waals surface area contributed by atoms with Crippen LogP contribution in [0.3, 0.4) is 0 Å². The quantitative estimate of drug-likeness (QED) is 0.613. The molecule has 134 valence electrons. The van der Waals surface area contributed by atoms with Crippen molar-refractivity contribution in [1.29, 1.82) is 0 Å². The van der Waals surface area contributed by atoms with Crippen LogP contribution in [0.4, 0.5) is 5.69 Å². The molecule has 0 spiro atoms. The van der Waals surface area contributed by atoms with Crippen LogP contribution in [-0.4, -0.2) is 11.6 Å².